The minimum Gasteiger partial charge on any atom is -0.388 e. The molecule has 0 amide bonds. The lowest BCUT2D eigenvalue weighted by Crippen LogP contribution is -2.59. The van der Waals surface area contributed by atoms with Crippen molar-refractivity contribution in [2.75, 3.05) is 24.7 Å². The van der Waals surface area contributed by atoms with Gasteiger partial charge in [-0.3, -0.25) is 4.79 Å². The number of nitrogens with one attached hydrogen (secondary N) is 2. The normalized spacial score (nSPS) is 15.1. The van der Waals surface area contributed by atoms with Crippen LogP contribution in [0.4, 0.5) is 11.4 Å². The van der Waals surface area contributed by atoms with E-state index in [0.717, 1.165) is 22.5 Å². The van der Waals surface area contributed by atoms with E-state index in [2.05, 4.69) is 35.9 Å². The molecule has 0 saturated heterocycles. The molecule has 2 aromatic rings. The van der Waals surface area contributed by atoms with Crippen molar-refractivity contribution in [3.8, 4) is 0 Å². The molecule has 1 aliphatic heterocycles. The fourth-order valence-electron chi connectivity index (χ4n) is 3.12. The van der Waals surface area contributed by atoms with E-state index in [9.17, 15) is 4.79 Å². The van der Waals surface area contributed by atoms with Crippen LogP contribution in [0.2, 0.25) is 13.1 Å². The quantitative estimate of drug-likeness (QED) is 0.834. The predicted octanol–water partition coefficient (Wildman–Crippen LogP) is 2.14. The Kier molecular flexibility index (Phi) is 3.13. The Labute approximate surface area is 126 Å². The number of hydrogen-bond donors (Lipinski definition) is 2. The lowest BCUT2D eigenvalue weighted by molar-refractivity contribution is 0.104. The van der Waals surface area contributed by atoms with Crippen molar-refractivity contribution < 1.29 is 4.79 Å². The number of carbonyl (C=O) groups is 1. The highest BCUT2D eigenvalue weighted by molar-refractivity contribution is 7.02. The summed E-state index contributed by atoms with van der Waals surface area (Å²) in [5.74, 6) is 0.150. The van der Waals surface area contributed by atoms with Crippen molar-refractivity contribution in [3.05, 3.63) is 47.5 Å². The molecule has 0 bridgehead atoms. The molecular formula is C17H20N2OSi. The zero-order chi connectivity index (χ0) is 15.2. The average molecular weight is 296 g/mol. The predicted molar refractivity (Wildman–Crippen MR) is 92.2 cm³/mol. The van der Waals surface area contributed by atoms with E-state index in [0.29, 0.717) is 0 Å². The summed E-state index contributed by atoms with van der Waals surface area (Å²) >= 11 is 0. The molecule has 0 saturated carbocycles. The Balaban J connectivity index is 2.28. The molecule has 1 aliphatic rings. The van der Waals surface area contributed by atoms with Crippen molar-refractivity contribution in [3.63, 3.8) is 0 Å². The second-order valence-electron chi connectivity index (χ2n) is 5.97. The number of fused-ring (bicyclic) bond motifs is 2. The molecule has 0 unspecified atom stereocenters. The third-order valence-corrected chi connectivity index (χ3v) is 7.97. The summed E-state index contributed by atoms with van der Waals surface area (Å²) in [5, 5.41) is 8.79. The van der Waals surface area contributed by atoms with Crippen LogP contribution in [0.1, 0.15) is 15.9 Å². The van der Waals surface area contributed by atoms with E-state index in [4.69, 9.17) is 0 Å². The minimum atomic E-state index is -1.87. The molecule has 3 nitrogen and oxygen atoms in total. The van der Waals surface area contributed by atoms with Gasteiger partial charge in [-0.15, -0.1) is 0 Å². The molecular weight excluding hydrogens is 276 g/mol. The fraction of sp³-hybridized carbons (Fsp3) is 0.235. The van der Waals surface area contributed by atoms with Gasteiger partial charge in [-0.1, -0.05) is 13.1 Å². The van der Waals surface area contributed by atoms with Crippen molar-refractivity contribution in [1.29, 1.82) is 0 Å². The van der Waals surface area contributed by atoms with Gasteiger partial charge in [0.25, 0.3) is 0 Å². The Morgan fingerprint density at radius 2 is 1.24 bits per heavy atom. The average Bonchev–Trinajstić information content (AvgIpc) is 2.52. The molecule has 1 heterocycles. The van der Waals surface area contributed by atoms with Crippen molar-refractivity contribution in [2.24, 2.45) is 0 Å². The summed E-state index contributed by atoms with van der Waals surface area (Å²) in [6.07, 6.45) is 0. The van der Waals surface area contributed by atoms with E-state index >= 15 is 0 Å². The first-order chi connectivity index (χ1) is 9.98. The molecule has 0 fully saturated rings. The standard InChI is InChI=1S/C17H20N2OSi/c1-18-11-5-7-13-15(9-11)21(3,4)16-10-12(19-2)6-8-14(16)17(13)20/h5-10,18-19H,1-4H3. The van der Waals surface area contributed by atoms with Gasteiger partial charge in [0, 0.05) is 36.6 Å². The van der Waals surface area contributed by atoms with Crippen molar-refractivity contribution in [1.82, 2.24) is 0 Å². The van der Waals surface area contributed by atoms with Crippen molar-refractivity contribution in [2.45, 2.75) is 13.1 Å². The van der Waals surface area contributed by atoms with E-state index in [-0.39, 0.29) is 5.78 Å². The summed E-state index contributed by atoms with van der Waals surface area (Å²) in [7, 11) is 1.95. The Morgan fingerprint density at radius 1 is 0.810 bits per heavy atom. The summed E-state index contributed by atoms with van der Waals surface area (Å²) < 4.78 is 0. The smallest absolute Gasteiger partial charge is 0.192 e. The zero-order valence-corrected chi connectivity index (χ0v) is 13.9. The fourth-order valence-corrected chi connectivity index (χ4v) is 6.18. The second-order valence-corrected chi connectivity index (χ2v) is 10.3. The highest BCUT2D eigenvalue weighted by atomic mass is 28.3. The Hall–Kier alpha value is -2.07. The van der Waals surface area contributed by atoms with Gasteiger partial charge in [-0.2, -0.15) is 0 Å². The van der Waals surface area contributed by atoms with Crippen LogP contribution in [0.25, 0.3) is 0 Å². The van der Waals surface area contributed by atoms with Crippen LogP contribution in [0.15, 0.2) is 36.4 Å². The van der Waals surface area contributed by atoms with Crippen molar-refractivity contribution >= 4 is 35.6 Å². The first-order valence-corrected chi connectivity index (χ1v) is 10.2. The molecule has 2 aromatic carbocycles. The van der Waals surface area contributed by atoms with Crippen LogP contribution in [-0.4, -0.2) is 28.0 Å². The highest BCUT2D eigenvalue weighted by Gasteiger charge is 2.38. The molecule has 0 atom stereocenters. The second kappa shape index (κ2) is 4.74. The van der Waals surface area contributed by atoms with Gasteiger partial charge in [-0.25, -0.2) is 0 Å². The maximum absolute atomic E-state index is 12.8. The number of carbonyl (C=O) groups excluding carboxylic acids is 1. The van der Waals surface area contributed by atoms with E-state index in [1.807, 2.05) is 38.4 Å². The van der Waals surface area contributed by atoms with E-state index < -0.39 is 8.07 Å². The highest BCUT2D eigenvalue weighted by Crippen LogP contribution is 2.23. The third-order valence-electron chi connectivity index (χ3n) is 4.45. The molecule has 108 valence electrons. The lowest BCUT2D eigenvalue weighted by atomic mass is 10.0. The topological polar surface area (TPSA) is 41.1 Å². The van der Waals surface area contributed by atoms with E-state index in [1.165, 1.54) is 10.4 Å². The van der Waals surface area contributed by atoms with Gasteiger partial charge < -0.3 is 10.6 Å². The monoisotopic (exact) mass is 296 g/mol. The zero-order valence-electron chi connectivity index (χ0n) is 12.9. The third kappa shape index (κ3) is 1.98. The molecule has 0 aromatic heterocycles. The minimum absolute atomic E-state index is 0.150. The van der Waals surface area contributed by atoms with Gasteiger partial charge in [0.05, 0.1) is 0 Å². The molecule has 21 heavy (non-hydrogen) atoms. The number of benzene rings is 2. The Morgan fingerprint density at radius 3 is 1.62 bits per heavy atom. The van der Waals surface area contributed by atoms with Crippen LogP contribution < -0.4 is 21.0 Å². The lowest BCUT2D eigenvalue weighted by Gasteiger charge is -2.33. The molecule has 0 radical (unpaired) electrons. The van der Waals surface area contributed by atoms with Crippen LogP contribution in [0.5, 0.6) is 0 Å². The molecule has 0 spiro atoms. The van der Waals surface area contributed by atoms with Gasteiger partial charge in [0.2, 0.25) is 0 Å². The van der Waals surface area contributed by atoms with Crippen LogP contribution in [0.3, 0.4) is 0 Å². The SMILES string of the molecule is CNc1ccc2c(c1)[Si](C)(C)c1cc(NC)ccc1C2=O. The molecule has 2 N–H and O–H groups in total. The van der Waals surface area contributed by atoms with Crippen LogP contribution in [-0.2, 0) is 0 Å². The largest absolute Gasteiger partial charge is 0.388 e. The molecule has 3 rings (SSSR count). The van der Waals surface area contributed by atoms with Crippen LogP contribution in [0, 0.1) is 0 Å². The number of ketones is 1. The summed E-state index contributed by atoms with van der Waals surface area (Å²) in [6.45, 7) is 4.63. The number of anilines is 2. The molecule has 0 aliphatic carbocycles. The molecule has 4 heteroatoms. The summed E-state index contributed by atoms with van der Waals surface area (Å²) in [6, 6.07) is 12.2. The van der Waals surface area contributed by atoms with Gasteiger partial charge in [0.1, 0.15) is 8.07 Å². The summed E-state index contributed by atoms with van der Waals surface area (Å²) in [4.78, 5) is 12.8. The number of hydrogen-bond acceptors (Lipinski definition) is 3. The Bertz CT molecular complexity index is 678. The van der Waals surface area contributed by atoms with Gasteiger partial charge in [0.15, 0.2) is 5.78 Å². The first kappa shape index (κ1) is 13.9. The number of rotatable bonds is 2. The summed E-state index contributed by atoms with van der Waals surface area (Å²) in [5.41, 5.74) is 3.87. The van der Waals surface area contributed by atoms with Gasteiger partial charge >= 0.3 is 0 Å². The van der Waals surface area contributed by atoms with Gasteiger partial charge in [-0.05, 0) is 46.8 Å². The maximum atomic E-state index is 12.8. The first-order valence-electron chi connectivity index (χ1n) is 7.18. The maximum Gasteiger partial charge on any atom is 0.192 e. The van der Waals surface area contributed by atoms with Crippen LogP contribution >= 0.6 is 0 Å². The van der Waals surface area contributed by atoms with E-state index in [1.54, 1.807) is 0 Å².